The van der Waals surface area contributed by atoms with Crippen molar-refractivity contribution in [2.45, 2.75) is 44.2 Å². The molecule has 6 nitrogen and oxygen atoms in total. The predicted octanol–water partition coefficient (Wildman–Crippen LogP) is 3.59. The van der Waals surface area contributed by atoms with E-state index in [4.69, 9.17) is 25.8 Å². The van der Waals surface area contributed by atoms with Crippen LogP contribution in [0.25, 0.3) is 0 Å². The second-order valence-corrected chi connectivity index (χ2v) is 7.02. The molecule has 3 rings (SSSR count). The van der Waals surface area contributed by atoms with Crippen molar-refractivity contribution in [2.24, 2.45) is 0 Å². The van der Waals surface area contributed by atoms with Gasteiger partial charge in [-0.1, -0.05) is 18.5 Å². The van der Waals surface area contributed by atoms with Crippen molar-refractivity contribution < 1.29 is 19.0 Å². The number of rotatable bonds is 5. The molecule has 0 radical (unpaired) electrons. The Morgan fingerprint density at radius 1 is 1.44 bits per heavy atom. The Kier molecular flexibility index (Phi) is 6.04. The van der Waals surface area contributed by atoms with E-state index in [1.165, 1.54) is 0 Å². The van der Waals surface area contributed by atoms with Crippen LogP contribution in [-0.4, -0.2) is 44.1 Å². The summed E-state index contributed by atoms with van der Waals surface area (Å²) in [6.07, 6.45) is 3.39. The Labute approximate surface area is 153 Å². The number of urea groups is 1. The molecule has 0 saturated carbocycles. The highest BCUT2D eigenvalue weighted by molar-refractivity contribution is 6.32. The normalized spacial score (nSPS) is 25.8. The minimum atomic E-state index is -0.237. The van der Waals surface area contributed by atoms with Crippen molar-refractivity contribution in [3.63, 3.8) is 0 Å². The highest BCUT2D eigenvalue weighted by atomic mass is 35.5. The summed E-state index contributed by atoms with van der Waals surface area (Å²) >= 11 is 6.20. The summed E-state index contributed by atoms with van der Waals surface area (Å²) in [6.45, 7) is 4.63. The Morgan fingerprint density at radius 2 is 2.32 bits per heavy atom. The van der Waals surface area contributed by atoms with E-state index < -0.39 is 0 Å². The van der Waals surface area contributed by atoms with Crippen LogP contribution >= 0.6 is 11.6 Å². The molecule has 2 amide bonds. The lowest BCUT2D eigenvalue weighted by Crippen LogP contribution is -2.49. The summed E-state index contributed by atoms with van der Waals surface area (Å²) < 4.78 is 16.9. The Bertz CT molecular complexity index is 605. The first-order valence-corrected chi connectivity index (χ1v) is 9.19. The molecule has 7 heteroatoms. The van der Waals surface area contributed by atoms with E-state index >= 15 is 0 Å². The molecule has 0 unspecified atom stereocenters. The summed E-state index contributed by atoms with van der Waals surface area (Å²) in [5.74, 6) is 0.627. The quantitative estimate of drug-likeness (QED) is 0.833. The molecule has 0 aliphatic carbocycles. The van der Waals surface area contributed by atoms with Crippen LogP contribution in [0.2, 0.25) is 5.02 Å². The predicted molar refractivity (Wildman–Crippen MR) is 96.5 cm³/mol. The molecule has 1 aromatic rings. The van der Waals surface area contributed by atoms with E-state index in [0.717, 1.165) is 32.3 Å². The van der Waals surface area contributed by atoms with E-state index in [9.17, 15) is 4.79 Å². The molecule has 0 aromatic heterocycles. The molecule has 2 N–H and O–H groups in total. The fourth-order valence-corrected chi connectivity index (χ4v) is 3.51. The molecule has 1 aromatic carbocycles. The summed E-state index contributed by atoms with van der Waals surface area (Å²) in [5.41, 5.74) is 0.412. The number of hydrogen-bond acceptors (Lipinski definition) is 4. The van der Waals surface area contributed by atoms with Gasteiger partial charge in [-0.2, -0.15) is 0 Å². The minimum Gasteiger partial charge on any atom is -0.492 e. The zero-order valence-electron chi connectivity index (χ0n) is 14.5. The summed E-state index contributed by atoms with van der Waals surface area (Å²) in [6, 6.07) is 5.10. The maximum Gasteiger partial charge on any atom is 0.319 e. The maximum absolute atomic E-state index is 12.3. The van der Waals surface area contributed by atoms with Gasteiger partial charge in [0, 0.05) is 31.4 Å². The highest BCUT2D eigenvalue weighted by Crippen LogP contribution is 2.33. The Hall–Kier alpha value is -1.50. The molecule has 2 aliphatic heterocycles. The van der Waals surface area contributed by atoms with Gasteiger partial charge in [-0.25, -0.2) is 4.79 Å². The van der Waals surface area contributed by atoms with Crippen LogP contribution in [-0.2, 0) is 9.47 Å². The van der Waals surface area contributed by atoms with Gasteiger partial charge < -0.3 is 24.8 Å². The van der Waals surface area contributed by atoms with Crippen molar-refractivity contribution in [3.05, 3.63) is 23.2 Å². The smallest absolute Gasteiger partial charge is 0.319 e. The number of carbonyl (C=O) groups excluding carboxylic acids is 1. The first kappa shape index (κ1) is 18.3. The standard InChI is InChI=1S/C18H25ClN2O4/c1-2-7-24-16-4-3-13(10-15(16)19)20-17(22)21-14-5-8-25-18(11-14)6-9-23-12-18/h3-4,10,14H,2,5-9,11-12H2,1H3,(H2,20,21,22)/t14-,18+/m1/s1. The zero-order chi connectivity index (χ0) is 17.7. The maximum atomic E-state index is 12.3. The lowest BCUT2D eigenvalue weighted by molar-refractivity contribution is -0.0877. The summed E-state index contributed by atoms with van der Waals surface area (Å²) in [7, 11) is 0. The van der Waals surface area contributed by atoms with Gasteiger partial charge in [0.05, 0.1) is 23.8 Å². The summed E-state index contributed by atoms with van der Waals surface area (Å²) in [4.78, 5) is 12.3. The zero-order valence-corrected chi connectivity index (χ0v) is 15.2. The van der Waals surface area contributed by atoms with E-state index in [-0.39, 0.29) is 17.7 Å². The monoisotopic (exact) mass is 368 g/mol. The van der Waals surface area contributed by atoms with E-state index in [0.29, 0.717) is 36.3 Å². The van der Waals surface area contributed by atoms with Gasteiger partial charge in [0.1, 0.15) is 5.75 Å². The van der Waals surface area contributed by atoms with Gasteiger partial charge in [0.25, 0.3) is 0 Å². The molecule has 2 aliphatic rings. The van der Waals surface area contributed by atoms with Crippen LogP contribution in [0.3, 0.4) is 0 Å². The van der Waals surface area contributed by atoms with Crippen molar-refractivity contribution in [1.82, 2.24) is 5.32 Å². The van der Waals surface area contributed by atoms with Gasteiger partial charge in [0.15, 0.2) is 0 Å². The fraction of sp³-hybridized carbons (Fsp3) is 0.611. The molecular weight excluding hydrogens is 344 g/mol. The number of hydrogen-bond donors (Lipinski definition) is 2. The largest absolute Gasteiger partial charge is 0.492 e. The molecule has 2 fully saturated rings. The second kappa shape index (κ2) is 8.25. The number of amides is 2. The van der Waals surface area contributed by atoms with Crippen LogP contribution < -0.4 is 15.4 Å². The Morgan fingerprint density at radius 3 is 3.04 bits per heavy atom. The van der Waals surface area contributed by atoms with Crippen molar-refractivity contribution in [1.29, 1.82) is 0 Å². The number of benzene rings is 1. The van der Waals surface area contributed by atoms with E-state index in [2.05, 4.69) is 10.6 Å². The molecule has 1 spiro atoms. The average Bonchev–Trinajstić information content (AvgIpc) is 3.01. The van der Waals surface area contributed by atoms with Crippen molar-refractivity contribution >= 4 is 23.3 Å². The number of carbonyl (C=O) groups is 1. The average molecular weight is 369 g/mol. The molecular formula is C18H25ClN2O4. The third kappa shape index (κ3) is 4.77. The van der Waals surface area contributed by atoms with Gasteiger partial charge >= 0.3 is 6.03 Å². The van der Waals surface area contributed by atoms with Gasteiger partial charge in [-0.3, -0.25) is 0 Å². The lowest BCUT2D eigenvalue weighted by Gasteiger charge is -2.37. The van der Waals surface area contributed by atoms with E-state index in [1.807, 2.05) is 6.92 Å². The van der Waals surface area contributed by atoms with Gasteiger partial charge in [-0.15, -0.1) is 0 Å². The van der Waals surface area contributed by atoms with Crippen LogP contribution in [0.15, 0.2) is 18.2 Å². The third-order valence-corrected chi connectivity index (χ3v) is 4.84. The molecule has 138 valence electrons. The Balaban J connectivity index is 1.53. The first-order valence-electron chi connectivity index (χ1n) is 8.82. The molecule has 25 heavy (non-hydrogen) atoms. The first-order chi connectivity index (χ1) is 12.1. The lowest BCUT2D eigenvalue weighted by atomic mass is 9.90. The fourth-order valence-electron chi connectivity index (χ4n) is 3.27. The van der Waals surface area contributed by atoms with Crippen LogP contribution in [0.4, 0.5) is 10.5 Å². The van der Waals surface area contributed by atoms with Crippen molar-refractivity contribution in [2.75, 3.05) is 31.7 Å². The van der Waals surface area contributed by atoms with Gasteiger partial charge in [0.2, 0.25) is 0 Å². The third-order valence-electron chi connectivity index (χ3n) is 4.55. The van der Waals surface area contributed by atoms with Crippen LogP contribution in [0, 0.1) is 0 Å². The van der Waals surface area contributed by atoms with Crippen LogP contribution in [0.1, 0.15) is 32.6 Å². The number of ether oxygens (including phenoxy) is 3. The molecule has 2 atom stereocenters. The number of nitrogens with one attached hydrogen (secondary N) is 2. The molecule has 2 saturated heterocycles. The van der Waals surface area contributed by atoms with Gasteiger partial charge in [-0.05, 0) is 37.5 Å². The number of anilines is 1. The topological polar surface area (TPSA) is 68.8 Å². The number of halogens is 1. The molecule has 0 bridgehead atoms. The van der Waals surface area contributed by atoms with E-state index in [1.54, 1.807) is 18.2 Å². The molecule has 2 heterocycles. The summed E-state index contributed by atoms with van der Waals surface area (Å²) in [5, 5.41) is 6.34. The minimum absolute atomic E-state index is 0.0816. The van der Waals surface area contributed by atoms with Crippen LogP contribution in [0.5, 0.6) is 5.75 Å². The highest BCUT2D eigenvalue weighted by Gasteiger charge is 2.41. The second-order valence-electron chi connectivity index (χ2n) is 6.62. The SMILES string of the molecule is CCCOc1ccc(NC(=O)N[C@@H]2CCO[C@@]3(CCOC3)C2)cc1Cl. The van der Waals surface area contributed by atoms with Crippen molar-refractivity contribution in [3.8, 4) is 5.75 Å².